The second kappa shape index (κ2) is 37.8. The quantitative estimate of drug-likeness (QED) is 0.0204. The first-order valence-corrected chi connectivity index (χ1v) is 22.1. The van der Waals surface area contributed by atoms with Gasteiger partial charge in [0.05, 0.1) is 19.8 Å². The molecule has 0 radical (unpaired) electrons. The van der Waals surface area contributed by atoms with E-state index >= 15 is 0 Å². The first kappa shape index (κ1) is 51.9. The number of rotatable bonds is 38. The maximum Gasteiger partial charge on any atom is 0.472 e. The average molecular weight is 787 g/mol. The van der Waals surface area contributed by atoms with Gasteiger partial charge >= 0.3 is 19.8 Å². The van der Waals surface area contributed by atoms with Crippen LogP contribution in [-0.4, -0.2) is 77.4 Å². The van der Waals surface area contributed by atoms with E-state index in [-0.39, 0.29) is 26.1 Å². The molecule has 3 atom stereocenters. The number of allylic oxidation sites excluding steroid dienone is 8. The third-order valence-electron chi connectivity index (χ3n) is 8.47. The van der Waals surface area contributed by atoms with Gasteiger partial charge < -0.3 is 29.7 Å². The molecule has 314 valence electrons. The Kier molecular flexibility index (Phi) is 36.3. The summed E-state index contributed by atoms with van der Waals surface area (Å²) in [6.45, 7) is 2.61. The molecule has 0 aromatic rings. The molecule has 0 amide bonds. The highest BCUT2D eigenvalue weighted by Crippen LogP contribution is 2.43. The Morgan fingerprint density at radius 2 is 1.07 bits per heavy atom. The lowest BCUT2D eigenvalue weighted by Gasteiger charge is -2.20. The minimum Gasteiger partial charge on any atom is -0.462 e. The average Bonchev–Trinajstić information content (AvgIpc) is 3.14. The first-order chi connectivity index (χ1) is 26.1. The summed E-state index contributed by atoms with van der Waals surface area (Å²) < 4.78 is 32.6. The molecule has 0 rings (SSSR count). The number of phosphoric acid groups is 1. The highest BCUT2D eigenvalue weighted by molar-refractivity contribution is 7.47. The smallest absolute Gasteiger partial charge is 0.462 e. The SMILES string of the molecule is CC(C)CCCCCCCCCCCCC(=O)O[C@H](COC(=O)CCC/C=C\C/C=C\C/C=C\C/C=C\CCCCCO)COP(=O)(O)OC[C@@H](O)CO. The van der Waals surface area contributed by atoms with Crippen LogP contribution in [0.2, 0.25) is 0 Å². The fraction of sp³-hybridized carbons (Fsp3) is 0.762. The van der Waals surface area contributed by atoms with Gasteiger partial charge in [0.15, 0.2) is 6.10 Å². The lowest BCUT2D eigenvalue weighted by Crippen LogP contribution is -2.29. The monoisotopic (exact) mass is 787 g/mol. The van der Waals surface area contributed by atoms with E-state index in [1.807, 2.05) is 12.2 Å². The van der Waals surface area contributed by atoms with Crippen LogP contribution in [0.1, 0.15) is 155 Å². The van der Waals surface area contributed by atoms with Gasteiger partial charge in [0.2, 0.25) is 0 Å². The topological polar surface area (TPSA) is 169 Å². The van der Waals surface area contributed by atoms with Gasteiger partial charge in [-0.1, -0.05) is 133 Å². The molecule has 4 N–H and O–H groups in total. The van der Waals surface area contributed by atoms with Crippen LogP contribution in [0.4, 0.5) is 0 Å². The molecule has 0 heterocycles. The van der Waals surface area contributed by atoms with E-state index < -0.39 is 51.8 Å². The van der Waals surface area contributed by atoms with Crippen LogP contribution < -0.4 is 0 Å². The Morgan fingerprint density at radius 3 is 1.63 bits per heavy atom. The zero-order valence-electron chi connectivity index (χ0n) is 33.5. The second-order valence-electron chi connectivity index (χ2n) is 14.2. The third kappa shape index (κ3) is 38.2. The maximum atomic E-state index is 12.6. The van der Waals surface area contributed by atoms with Crippen molar-refractivity contribution in [1.82, 2.24) is 0 Å². The molecule has 0 saturated heterocycles. The summed E-state index contributed by atoms with van der Waals surface area (Å²) in [5, 5.41) is 27.1. The predicted molar refractivity (Wildman–Crippen MR) is 216 cm³/mol. The molecule has 0 fully saturated rings. The summed E-state index contributed by atoms with van der Waals surface area (Å²) in [7, 11) is -4.63. The van der Waals surface area contributed by atoms with Crippen LogP contribution in [0.5, 0.6) is 0 Å². The maximum absolute atomic E-state index is 12.6. The number of unbranched alkanes of at least 4 members (excludes halogenated alkanes) is 13. The molecule has 1 unspecified atom stereocenters. The van der Waals surface area contributed by atoms with Gasteiger partial charge in [-0.05, 0) is 63.7 Å². The number of aliphatic hydroxyl groups excluding tert-OH is 3. The molecule has 0 aliphatic carbocycles. The number of aliphatic hydroxyl groups is 3. The molecule has 0 aliphatic heterocycles. The Morgan fingerprint density at radius 1 is 0.593 bits per heavy atom. The lowest BCUT2D eigenvalue weighted by molar-refractivity contribution is -0.161. The van der Waals surface area contributed by atoms with E-state index in [0.717, 1.165) is 70.1 Å². The number of hydrogen-bond acceptors (Lipinski definition) is 10. The fourth-order valence-corrected chi connectivity index (χ4v) is 6.06. The van der Waals surface area contributed by atoms with Gasteiger partial charge in [-0.15, -0.1) is 0 Å². The molecule has 12 heteroatoms. The van der Waals surface area contributed by atoms with Crippen molar-refractivity contribution in [2.45, 2.75) is 167 Å². The summed E-state index contributed by atoms with van der Waals surface area (Å²) in [4.78, 5) is 34.9. The van der Waals surface area contributed by atoms with Gasteiger partial charge in [-0.25, -0.2) is 4.57 Å². The van der Waals surface area contributed by atoms with E-state index in [1.54, 1.807) is 0 Å². The Balaban J connectivity index is 4.41. The van der Waals surface area contributed by atoms with E-state index in [9.17, 15) is 24.2 Å². The predicted octanol–water partition coefficient (Wildman–Crippen LogP) is 9.38. The zero-order valence-corrected chi connectivity index (χ0v) is 34.4. The molecule has 0 aromatic heterocycles. The van der Waals surface area contributed by atoms with Crippen molar-refractivity contribution in [2.24, 2.45) is 5.92 Å². The summed E-state index contributed by atoms with van der Waals surface area (Å²) in [5.74, 6) is -0.228. The van der Waals surface area contributed by atoms with Crippen LogP contribution in [0, 0.1) is 5.92 Å². The molecule has 0 bridgehead atoms. The Labute approximate surface area is 326 Å². The van der Waals surface area contributed by atoms with E-state index in [1.165, 1.54) is 44.9 Å². The van der Waals surface area contributed by atoms with Gasteiger partial charge in [0.25, 0.3) is 0 Å². The summed E-state index contributed by atoms with van der Waals surface area (Å²) >= 11 is 0. The minimum atomic E-state index is -4.63. The van der Waals surface area contributed by atoms with Crippen molar-refractivity contribution in [3.63, 3.8) is 0 Å². The van der Waals surface area contributed by atoms with Crippen molar-refractivity contribution in [2.75, 3.05) is 33.0 Å². The highest BCUT2D eigenvalue weighted by atomic mass is 31.2. The van der Waals surface area contributed by atoms with Crippen molar-refractivity contribution < 1.29 is 52.9 Å². The van der Waals surface area contributed by atoms with E-state index in [4.69, 9.17) is 24.2 Å². The number of phosphoric ester groups is 1. The third-order valence-corrected chi connectivity index (χ3v) is 9.42. The Bertz CT molecular complexity index is 1060. The largest absolute Gasteiger partial charge is 0.472 e. The number of carbonyl (C=O) groups excluding carboxylic acids is 2. The van der Waals surface area contributed by atoms with Gasteiger partial charge in [0.1, 0.15) is 12.7 Å². The first-order valence-electron chi connectivity index (χ1n) is 20.6. The Hall–Kier alpha value is -2.11. The van der Waals surface area contributed by atoms with Gasteiger partial charge in [-0.2, -0.15) is 0 Å². The van der Waals surface area contributed by atoms with E-state index in [2.05, 4.69) is 54.8 Å². The van der Waals surface area contributed by atoms with Crippen LogP contribution in [0.25, 0.3) is 0 Å². The molecule has 54 heavy (non-hydrogen) atoms. The molecule has 0 aromatic carbocycles. The summed E-state index contributed by atoms with van der Waals surface area (Å²) in [6.07, 6.45) is 35.4. The standard InChI is InChI=1S/C42H75O11P/c1-38(2)30-26-22-18-14-11-12-16-20-24-28-32-42(47)53-40(37-52-54(48,49)51-35-39(45)34-44)36-50-41(46)31-27-23-19-15-10-8-6-4-3-5-7-9-13-17-21-25-29-33-43/h3,5-6,8-9,13,15,19,38-40,43-45H,4,7,10-12,14,16-18,20-37H2,1-2H3,(H,48,49)/b5-3-,8-6-,13-9-,19-15-/t39-,40+/m0/s1. The van der Waals surface area contributed by atoms with Crippen LogP contribution in [0.15, 0.2) is 48.6 Å². The van der Waals surface area contributed by atoms with Crippen molar-refractivity contribution in [3.8, 4) is 0 Å². The second-order valence-corrected chi connectivity index (χ2v) is 15.7. The molecule has 0 aliphatic rings. The molecule has 0 spiro atoms. The normalized spacial score (nSPS) is 14.5. The van der Waals surface area contributed by atoms with E-state index in [0.29, 0.717) is 19.3 Å². The minimum absolute atomic E-state index is 0.155. The number of ether oxygens (including phenoxy) is 2. The summed E-state index contributed by atoms with van der Waals surface area (Å²) in [5.41, 5.74) is 0. The van der Waals surface area contributed by atoms with Crippen molar-refractivity contribution >= 4 is 19.8 Å². The number of hydrogen-bond donors (Lipinski definition) is 4. The molecular formula is C42H75O11P. The van der Waals surface area contributed by atoms with Crippen LogP contribution in [0.3, 0.4) is 0 Å². The van der Waals surface area contributed by atoms with Crippen LogP contribution >= 0.6 is 7.82 Å². The number of esters is 2. The lowest BCUT2D eigenvalue weighted by atomic mass is 10.0. The summed E-state index contributed by atoms with van der Waals surface area (Å²) in [6, 6.07) is 0. The van der Waals surface area contributed by atoms with Gasteiger partial charge in [0, 0.05) is 19.4 Å². The number of carbonyl (C=O) groups is 2. The zero-order chi connectivity index (χ0) is 40.0. The molecule has 0 saturated carbocycles. The van der Waals surface area contributed by atoms with Crippen molar-refractivity contribution in [1.29, 1.82) is 0 Å². The van der Waals surface area contributed by atoms with Crippen LogP contribution in [-0.2, 0) is 32.7 Å². The fourth-order valence-electron chi connectivity index (χ4n) is 5.27. The van der Waals surface area contributed by atoms with Crippen molar-refractivity contribution in [3.05, 3.63) is 48.6 Å². The molecule has 11 nitrogen and oxygen atoms in total. The molecular weight excluding hydrogens is 711 g/mol. The highest BCUT2D eigenvalue weighted by Gasteiger charge is 2.27. The van der Waals surface area contributed by atoms with Gasteiger partial charge in [-0.3, -0.25) is 18.6 Å².